The minimum atomic E-state index is -0.685. The second-order valence-electron chi connectivity index (χ2n) is 8.81. The molecule has 4 nitrogen and oxygen atoms in total. The van der Waals surface area contributed by atoms with E-state index in [0.29, 0.717) is 15.6 Å². The molecule has 0 radical (unpaired) electrons. The summed E-state index contributed by atoms with van der Waals surface area (Å²) >= 11 is 12.7. The highest BCUT2D eigenvalue weighted by Crippen LogP contribution is 2.27. The molecule has 6 heteroatoms. The van der Waals surface area contributed by atoms with Crippen LogP contribution in [-0.2, 0) is 22.6 Å². The molecule has 0 aliphatic heterocycles. The van der Waals surface area contributed by atoms with Gasteiger partial charge in [0.2, 0.25) is 11.8 Å². The average molecular weight is 449 g/mol. The van der Waals surface area contributed by atoms with E-state index in [1.807, 2.05) is 46.8 Å². The standard InChI is InChI=1S/C24H30Cl2N2O2/c1-15-10-16(2)12-18(11-15)13-22(29)28(17(3)23(30)27-24(4,5)6)14-19-20(25)8-7-9-21(19)26/h7-12,17H,13-14H2,1-6H3,(H,27,30)/t17-/m0/s1. The van der Waals surface area contributed by atoms with Gasteiger partial charge in [-0.3, -0.25) is 9.59 Å². The average Bonchev–Trinajstić information content (AvgIpc) is 2.58. The van der Waals surface area contributed by atoms with Crippen LogP contribution >= 0.6 is 23.2 Å². The minimum absolute atomic E-state index is 0.154. The van der Waals surface area contributed by atoms with Gasteiger partial charge in [0, 0.05) is 27.7 Å². The van der Waals surface area contributed by atoms with Crippen molar-refractivity contribution in [1.29, 1.82) is 0 Å². The summed E-state index contributed by atoms with van der Waals surface area (Å²) in [5.74, 6) is -0.382. The Balaban J connectivity index is 2.36. The van der Waals surface area contributed by atoms with Gasteiger partial charge in [-0.15, -0.1) is 0 Å². The number of carbonyl (C=O) groups is 2. The molecule has 0 bridgehead atoms. The predicted molar refractivity (Wildman–Crippen MR) is 124 cm³/mol. The van der Waals surface area contributed by atoms with E-state index < -0.39 is 11.6 Å². The lowest BCUT2D eigenvalue weighted by Gasteiger charge is -2.32. The Morgan fingerprint density at radius 2 is 1.57 bits per heavy atom. The molecule has 2 rings (SSSR count). The molecule has 1 atom stereocenters. The first-order valence-electron chi connectivity index (χ1n) is 9.99. The van der Waals surface area contributed by atoms with Crippen molar-refractivity contribution in [2.24, 2.45) is 0 Å². The van der Waals surface area contributed by atoms with E-state index in [1.54, 1.807) is 30.0 Å². The number of amides is 2. The number of hydrogen-bond acceptors (Lipinski definition) is 2. The molecule has 0 spiro atoms. The fourth-order valence-corrected chi connectivity index (χ4v) is 3.87. The Morgan fingerprint density at radius 1 is 1.03 bits per heavy atom. The molecule has 2 aromatic carbocycles. The number of benzene rings is 2. The van der Waals surface area contributed by atoms with E-state index in [2.05, 4.69) is 11.4 Å². The van der Waals surface area contributed by atoms with E-state index >= 15 is 0 Å². The van der Waals surface area contributed by atoms with Crippen LogP contribution in [0.25, 0.3) is 0 Å². The number of halogens is 2. The van der Waals surface area contributed by atoms with E-state index in [1.165, 1.54) is 0 Å². The Bertz CT molecular complexity index is 895. The SMILES string of the molecule is Cc1cc(C)cc(CC(=O)N(Cc2c(Cl)cccc2Cl)[C@@H](C)C(=O)NC(C)(C)C)c1. The second-order valence-corrected chi connectivity index (χ2v) is 9.62. The minimum Gasteiger partial charge on any atom is -0.350 e. The largest absolute Gasteiger partial charge is 0.350 e. The maximum atomic E-state index is 13.3. The molecule has 2 aromatic rings. The third-order valence-electron chi connectivity index (χ3n) is 4.69. The number of hydrogen-bond donors (Lipinski definition) is 1. The molecule has 0 aliphatic rings. The van der Waals surface area contributed by atoms with Gasteiger partial charge >= 0.3 is 0 Å². The highest BCUT2D eigenvalue weighted by atomic mass is 35.5. The lowest BCUT2D eigenvalue weighted by Crippen LogP contribution is -2.52. The first kappa shape index (κ1) is 24.2. The molecule has 0 heterocycles. The first-order valence-corrected chi connectivity index (χ1v) is 10.7. The maximum Gasteiger partial charge on any atom is 0.242 e. The molecule has 0 saturated heterocycles. The van der Waals surface area contributed by atoms with Crippen molar-refractivity contribution < 1.29 is 9.59 Å². The molecule has 0 fully saturated rings. The third-order valence-corrected chi connectivity index (χ3v) is 5.40. The fourth-order valence-electron chi connectivity index (χ4n) is 3.36. The summed E-state index contributed by atoms with van der Waals surface area (Å²) in [5.41, 5.74) is 3.32. The monoisotopic (exact) mass is 448 g/mol. The molecule has 0 aliphatic carbocycles. The number of rotatable bonds is 6. The Labute approximate surface area is 189 Å². The smallest absolute Gasteiger partial charge is 0.242 e. The lowest BCUT2D eigenvalue weighted by molar-refractivity contribution is -0.140. The fraction of sp³-hybridized carbons (Fsp3) is 0.417. The van der Waals surface area contributed by atoms with Crippen LogP contribution in [0.15, 0.2) is 36.4 Å². The Hall–Kier alpha value is -2.04. The van der Waals surface area contributed by atoms with Crippen LogP contribution in [0.4, 0.5) is 0 Å². The van der Waals surface area contributed by atoms with Crippen molar-refractivity contribution in [2.75, 3.05) is 0 Å². The van der Waals surface area contributed by atoms with Crippen molar-refractivity contribution in [1.82, 2.24) is 10.2 Å². The summed E-state index contributed by atoms with van der Waals surface area (Å²) in [6.45, 7) is 11.6. The number of nitrogens with one attached hydrogen (secondary N) is 1. The van der Waals surface area contributed by atoms with Crippen molar-refractivity contribution in [3.05, 3.63) is 68.7 Å². The first-order chi connectivity index (χ1) is 13.9. The van der Waals surface area contributed by atoms with E-state index in [-0.39, 0.29) is 24.8 Å². The van der Waals surface area contributed by atoms with Crippen LogP contribution < -0.4 is 5.32 Å². The topological polar surface area (TPSA) is 49.4 Å². The van der Waals surface area contributed by atoms with Gasteiger partial charge in [0.1, 0.15) is 6.04 Å². The summed E-state index contributed by atoms with van der Waals surface area (Å²) in [6, 6.07) is 10.6. The van der Waals surface area contributed by atoms with Crippen LogP contribution in [0.5, 0.6) is 0 Å². The molecular formula is C24H30Cl2N2O2. The van der Waals surface area contributed by atoms with Crippen molar-refractivity contribution >= 4 is 35.0 Å². The van der Waals surface area contributed by atoms with Gasteiger partial charge in [-0.2, -0.15) is 0 Å². The molecule has 0 aromatic heterocycles. The summed E-state index contributed by atoms with van der Waals surface area (Å²) in [6.07, 6.45) is 0.192. The number of aryl methyl sites for hydroxylation is 2. The third kappa shape index (κ3) is 6.75. The Kier molecular flexibility index (Phi) is 7.95. The van der Waals surface area contributed by atoms with Crippen LogP contribution in [0.2, 0.25) is 10.0 Å². The zero-order valence-electron chi connectivity index (χ0n) is 18.5. The molecule has 0 unspecified atom stereocenters. The van der Waals surface area contributed by atoms with Crippen molar-refractivity contribution in [2.45, 2.75) is 66.1 Å². The highest BCUT2D eigenvalue weighted by molar-refractivity contribution is 6.36. The molecule has 30 heavy (non-hydrogen) atoms. The van der Waals surface area contributed by atoms with Gasteiger partial charge in [-0.1, -0.05) is 58.6 Å². The molecular weight excluding hydrogens is 419 g/mol. The summed E-state index contributed by atoms with van der Waals surface area (Å²) in [5, 5.41) is 3.89. The van der Waals surface area contributed by atoms with Crippen LogP contribution in [0.1, 0.15) is 49.9 Å². The van der Waals surface area contributed by atoms with Crippen molar-refractivity contribution in [3.63, 3.8) is 0 Å². The van der Waals surface area contributed by atoms with E-state index in [0.717, 1.165) is 16.7 Å². The number of nitrogens with zero attached hydrogens (tertiary/aromatic N) is 1. The quantitative estimate of drug-likeness (QED) is 0.635. The van der Waals surface area contributed by atoms with E-state index in [9.17, 15) is 9.59 Å². The lowest BCUT2D eigenvalue weighted by atomic mass is 10.0. The Morgan fingerprint density at radius 3 is 2.07 bits per heavy atom. The molecule has 0 saturated carbocycles. The molecule has 1 N–H and O–H groups in total. The van der Waals surface area contributed by atoms with Gasteiger partial charge in [0.15, 0.2) is 0 Å². The summed E-state index contributed by atoms with van der Waals surface area (Å²) in [4.78, 5) is 27.7. The van der Waals surface area contributed by atoms with Gasteiger partial charge in [0.05, 0.1) is 6.42 Å². The normalized spacial score (nSPS) is 12.4. The van der Waals surface area contributed by atoms with Gasteiger partial charge in [-0.05, 0) is 59.2 Å². The second kappa shape index (κ2) is 9.84. The highest BCUT2D eigenvalue weighted by Gasteiger charge is 2.29. The van der Waals surface area contributed by atoms with Crippen LogP contribution in [0, 0.1) is 13.8 Å². The summed E-state index contributed by atoms with van der Waals surface area (Å²) < 4.78 is 0. The van der Waals surface area contributed by atoms with Gasteiger partial charge in [0.25, 0.3) is 0 Å². The van der Waals surface area contributed by atoms with E-state index in [4.69, 9.17) is 23.2 Å². The van der Waals surface area contributed by atoms with Gasteiger partial charge < -0.3 is 10.2 Å². The molecule has 162 valence electrons. The van der Waals surface area contributed by atoms with Gasteiger partial charge in [-0.25, -0.2) is 0 Å². The zero-order chi connectivity index (χ0) is 22.6. The zero-order valence-corrected chi connectivity index (χ0v) is 20.0. The van der Waals surface area contributed by atoms with Crippen molar-refractivity contribution in [3.8, 4) is 0 Å². The van der Waals surface area contributed by atoms with Crippen LogP contribution in [-0.4, -0.2) is 28.3 Å². The maximum absolute atomic E-state index is 13.3. The number of carbonyl (C=O) groups excluding carboxylic acids is 2. The predicted octanol–water partition coefficient (Wildman–Crippen LogP) is 5.48. The summed E-state index contributed by atoms with van der Waals surface area (Å²) in [7, 11) is 0. The van der Waals surface area contributed by atoms with Crippen LogP contribution in [0.3, 0.4) is 0 Å². The molecule has 2 amide bonds.